The van der Waals surface area contributed by atoms with Crippen molar-refractivity contribution in [2.75, 3.05) is 0 Å². The number of benzene rings is 1. The highest BCUT2D eigenvalue weighted by Crippen LogP contribution is 2.40. The maximum absolute atomic E-state index is 13.0. The summed E-state index contributed by atoms with van der Waals surface area (Å²) >= 11 is 1.49. The molecule has 0 spiro atoms. The van der Waals surface area contributed by atoms with Gasteiger partial charge in [-0.1, -0.05) is 6.92 Å². The summed E-state index contributed by atoms with van der Waals surface area (Å²) in [6.45, 7) is 5.84. The van der Waals surface area contributed by atoms with Gasteiger partial charge in [0.2, 0.25) is 0 Å². The van der Waals surface area contributed by atoms with E-state index in [2.05, 4.69) is 11.9 Å². The summed E-state index contributed by atoms with van der Waals surface area (Å²) in [4.78, 5) is 17.4. The summed E-state index contributed by atoms with van der Waals surface area (Å²) in [5.74, 6) is 0.124. The first-order chi connectivity index (χ1) is 10.5. The van der Waals surface area contributed by atoms with Crippen molar-refractivity contribution in [3.63, 3.8) is 0 Å². The predicted molar refractivity (Wildman–Crippen MR) is 84.0 cm³/mol. The highest BCUT2D eigenvalue weighted by molar-refractivity contribution is 7.15. The lowest BCUT2D eigenvalue weighted by Gasteiger charge is -2.11. The Kier molecular flexibility index (Phi) is 4.00. The first-order valence-electron chi connectivity index (χ1n) is 7.39. The van der Waals surface area contributed by atoms with Crippen molar-refractivity contribution in [3.05, 3.63) is 40.7 Å². The summed E-state index contributed by atoms with van der Waals surface area (Å²) < 4.78 is 18.5. The summed E-state index contributed by atoms with van der Waals surface area (Å²) in [6.07, 6.45) is 0.626. The summed E-state index contributed by atoms with van der Waals surface area (Å²) in [7, 11) is 0. The Labute approximate surface area is 133 Å². The molecule has 0 amide bonds. The van der Waals surface area contributed by atoms with Crippen molar-refractivity contribution in [2.24, 2.45) is 11.8 Å². The molecule has 3 atom stereocenters. The van der Waals surface area contributed by atoms with Gasteiger partial charge in [-0.05, 0) is 50.5 Å². The van der Waals surface area contributed by atoms with E-state index in [1.165, 1.54) is 23.5 Å². The van der Waals surface area contributed by atoms with E-state index in [0.29, 0.717) is 5.92 Å². The number of carbonyl (C=O) groups excluding carboxylic acids is 1. The highest BCUT2D eigenvalue weighted by Gasteiger charge is 2.41. The molecular formula is C17H18FNO2S. The molecule has 0 bridgehead atoms. The van der Waals surface area contributed by atoms with Gasteiger partial charge in [0.1, 0.15) is 16.9 Å². The van der Waals surface area contributed by atoms with E-state index in [9.17, 15) is 9.18 Å². The zero-order chi connectivity index (χ0) is 15.9. The molecule has 22 heavy (non-hydrogen) atoms. The average Bonchev–Trinajstić information content (AvgIpc) is 3.08. The average molecular weight is 319 g/mol. The molecule has 0 N–H and O–H groups in total. The van der Waals surface area contributed by atoms with Gasteiger partial charge in [-0.15, -0.1) is 11.3 Å². The number of ether oxygens (including phenoxy) is 1. The first kappa shape index (κ1) is 15.2. The Balaban J connectivity index is 1.76. The molecule has 1 aromatic carbocycles. The van der Waals surface area contributed by atoms with Crippen LogP contribution in [0.2, 0.25) is 0 Å². The molecular weight excluding hydrogens is 301 g/mol. The molecule has 1 aliphatic rings. The van der Waals surface area contributed by atoms with Gasteiger partial charge in [-0.3, -0.25) is 4.79 Å². The second-order valence-corrected chi connectivity index (χ2v) is 6.90. The fourth-order valence-electron chi connectivity index (χ4n) is 2.47. The van der Waals surface area contributed by atoms with Gasteiger partial charge in [-0.2, -0.15) is 0 Å². The summed E-state index contributed by atoms with van der Waals surface area (Å²) in [5.41, 5.74) is 1.73. The van der Waals surface area contributed by atoms with Crippen LogP contribution < -0.4 is 0 Å². The van der Waals surface area contributed by atoms with E-state index >= 15 is 0 Å². The Bertz CT molecular complexity index is 695. The van der Waals surface area contributed by atoms with Gasteiger partial charge >= 0.3 is 5.97 Å². The lowest BCUT2D eigenvalue weighted by Crippen LogP contribution is -2.11. The van der Waals surface area contributed by atoms with Gasteiger partial charge < -0.3 is 4.74 Å². The zero-order valence-corrected chi connectivity index (χ0v) is 13.6. The summed E-state index contributed by atoms with van der Waals surface area (Å²) in [5, 5.41) is 0.815. The van der Waals surface area contributed by atoms with E-state index < -0.39 is 0 Å². The third kappa shape index (κ3) is 3.04. The molecule has 0 aliphatic heterocycles. The minimum absolute atomic E-state index is 0.0623. The van der Waals surface area contributed by atoms with Gasteiger partial charge in [0.15, 0.2) is 0 Å². The molecule has 1 fully saturated rings. The minimum atomic E-state index is -0.299. The highest BCUT2D eigenvalue weighted by atomic mass is 32.1. The second-order valence-electron chi connectivity index (χ2n) is 5.87. The quantitative estimate of drug-likeness (QED) is 0.778. The number of thiazole rings is 1. The topological polar surface area (TPSA) is 39.2 Å². The molecule has 1 aromatic heterocycles. The third-order valence-electron chi connectivity index (χ3n) is 4.00. The van der Waals surface area contributed by atoms with Crippen LogP contribution in [0.15, 0.2) is 24.3 Å². The Morgan fingerprint density at radius 2 is 2.05 bits per heavy atom. The molecule has 2 aromatic rings. The molecule has 3 nitrogen and oxygen atoms in total. The Morgan fingerprint density at radius 3 is 2.64 bits per heavy atom. The monoisotopic (exact) mass is 319 g/mol. The number of hydrogen-bond donors (Lipinski definition) is 0. The first-order valence-corrected chi connectivity index (χ1v) is 8.21. The molecule has 0 radical (unpaired) electrons. The van der Waals surface area contributed by atoms with Gasteiger partial charge in [-0.25, -0.2) is 9.37 Å². The smallest absolute Gasteiger partial charge is 0.309 e. The van der Waals surface area contributed by atoms with Crippen LogP contribution in [-0.4, -0.2) is 11.0 Å². The van der Waals surface area contributed by atoms with Crippen molar-refractivity contribution in [1.29, 1.82) is 0 Å². The Morgan fingerprint density at radius 1 is 1.41 bits per heavy atom. The lowest BCUT2D eigenvalue weighted by molar-refractivity contribution is -0.150. The number of esters is 1. The van der Waals surface area contributed by atoms with Crippen molar-refractivity contribution in [1.82, 2.24) is 4.98 Å². The standard InChI is InChI=1S/C17H18FNO2S/c1-9-8-14(9)17(20)21-11(3)15-10(2)19-16(22-15)12-4-6-13(18)7-5-12/h4-7,9,11,14H,8H2,1-3H3/t9-,11-,14+/m0/s1. The number of aryl methyl sites for hydroxylation is 1. The van der Waals surface area contributed by atoms with Crippen LogP contribution in [0.5, 0.6) is 0 Å². The van der Waals surface area contributed by atoms with Crippen molar-refractivity contribution in [3.8, 4) is 10.6 Å². The molecule has 0 saturated heterocycles. The van der Waals surface area contributed by atoms with Crippen LogP contribution >= 0.6 is 11.3 Å². The van der Waals surface area contributed by atoms with E-state index in [1.54, 1.807) is 12.1 Å². The fraction of sp³-hybridized carbons (Fsp3) is 0.412. The molecule has 3 rings (SSSR count). The number of nitrogens with zero attached hydrogens (tertiary/aromatic N) is 1. The van der Waals surface area contributed by atoms with Crippen molar-refractivity contribution >= 4 is 17.3 Å². The van der Waals surface area contributed by atoms with Crippen molar-refractivity contribution < 1.29 is 13.9 Å². The van der Waals surface area contributed by atoms with Gasteiger partial charge in [0.05, 0.1) is 16.5 Å². The molecule has 5 heteroatoms. The van der Waals surface area contributed by atoms with Crippen LogP contribution in [0.3, 0.4) is 0 Å². The molecule has 116 valence electrons. The normalized spacial score (nSPS) is 21.5. The second kappa shape index (κ2) is 5.80. The number of aromatic nitrogens is 1. The van der Waals surface area contributed by atoms with Crippen LogP contribution in [-0.2, 0) is 9.53 Å². The molecule has 1 aliphatic carbocycles. The van der Waals surface area contributed by atoms with Gasteiger partial charge in [0, 0.05) is 5.56 Å². The predicted octanol–water partition coefficient (Wildman–Crippen LogP) is 4.52. The Hall–Kier alpha value is -1.75. The maximum atomic E-state index is 13.0. The SMILES string of the molecule is Cc1nc(-c2ccc(F)cc2)sc1[C@H](C)OC(=O)[C@@H]1C[C@@H]1C. The van der Waals surface area contributed by atoms with Crippen LogP contribution in [0.25, 0.3) is 10.6 Å². The minimum Gasteiger partial charge on any atom is -0.457 e. The van der Waals surface area contributed by atoms with Gasteiger partial charge in [0.25, 0.3) is 0 Å². The van der Waals surface area contributed by atoms with Crippen LogP contribution in [0, 0.1) is 24.6 Å². The fourth-order valence-corrected chi connectivity index (χ4v) is 3.52. The molecule has 1 heterocycles. The van der Waals surface area contributed by atoms with E-state index in [4.69, 9.17) is 4.74 Å². The lowest BCUT2D eigenvalue weighted by atomic mass is 10.2. The number of carbonyl (C=O) groups is 1. The molecule has 1 saturated carbocycles. The summed E-state index contributed by atoms with van der Waals surface area (Å²) in [6, 6.07) is 6.26. The van der Waals surface area contributed by atoms with E-state index in [1.807, 2.05) is 13.8 Å². The van der Waals surface area contributed by atoms with Crippen LogP contribution in [0.1, 0.15) is 36.9 Å². The number of hydrogen-bond acceptors (Lipinski definition) is 4. The van der Waals surface area contributed by atoms with E-state index in [0.717, 1.165) is 27.6 Å². The number of halogens is 1. The van der Waals surface area contributed by atoms with Crippen molar-refractivity contribution in [2.45, 2.75) is 33.3 Å². The largest absolute Gasteiger partial charge is 0.457 e. The van der Waals surface area contributed by atoms with Crippen LogP contribution in [0.4, 0.5) is 4.39 Å². The molecule has 0 unspecified atom stereocenters. The zero-order valence-electron chi connectivity index (χ0n) is 12.8. The number of rotatable bonds is 4. The third-order valence-corrected chi connectivity index (χ3v) is 5.37. The maximum Gasteiger partial charge on any atom is 0.309 e. The van der Waals surface area contributed by atoms with E-state index in [-0.39, 0.29) is 23.8 Å².